The number of thiazole rings is 1. The van der Waals surface area contributed by atoms with Crippen LogP contribution in [0.15, 0.2) is 11.6 Å². The van der Waals surface area contributed by atoms with Crippen LogP contribution >= 0.6 is 11.3 Å². The van der Waals surface area contributed by atoms with Crippen LogP contribution in [0.4, 0.5) is 0 Å². The third-order valence-electron chi connectivity index (χ3n) is 2.54. The second-order valence-corrected chi connectivity index (χ2v) is 4.69. The molecule has 1 atom stereocenters. The maximum absolute atomic E-state index is 5.20. The molecule has 1 saturated carbocycles. The van der Waals surface area contributed by atoms with Gasteiger partial charge in [0.1, 0.15) is 5.01 Å². The van der Waals surface area contributed by atoms with Crippen molar-refractivity contribution in [2.45, 2.75) is 25.4 Å². The van der Waals surface area contributed by atoms with E-state index in [1.54, 1.807) is 18.4 Å². The molecule has 0 saturated heterocycles. The van der Waals surface area contributed by atoms with Crippen molar-refractivity contribution in [2.75, 3.05) is 13.7 Å². The van der Waals surface area contributed by atoms with Crippen molar-refractivity contribution >= 4 is 11.3 Å². The fourth-order valence-corrected chi connectivity index (χ4v) is 2.17. The third-order valence-corrected chi connectivity index (χ3v) is 3.32. The van der Waals surface area contributed by atoms with E-state index in [0.717, 1.165) is 24.1 Å². The van der Waals surface area contributed by atoms with Gasteiger partial charge in [-0.2, -0.15) is 0 Å². The molecule has 1 unspecified atom stereocenters. The Morgan fingerprint density at radius 2 is 2.57 bits per heavy atom. The molecule has 1 aliphatic rings. The van der Waals surface area contributed by atoms with Gasteiger partial charge < -0.3 is 10.1 Å². The molecule has 0 spiro atoms. The van der Waals surface area contributed by atoms with Crippen molar-refractivity contribution in [3.63, 3.8) is 0 Å². The molecule has 1 aliphatic carbocycles. The van der Waals surface area contributed by atoms with Gasteiger partial charge in [-0.1, -0.05) is 0 Å². The van der Waals surface area contributed by atoms with Crippen molar-refractivity contribution in [2.24, 2.45) is 5.92 Å². The molecular formula is C10H16N2OS. The van der Waals surface area contributed by atoms with E-state index in [9.17, 15) is 0 Å². The Morgan fingerprint density at radius 3 is 3.14 bits per heavy atom. The molecule has 0 aliphatic heterocycles. The number of rotatable bonds is 6. The highest BCUT2D eigenvalue weighted by Gasteiger charge is 2.30. The summed E-state index contributed by atoms with van der Waals surface area (Å²) < 4.78 is 5.20. The highest BCUT2D eigenvalue weighted by molar-refractivity contribution is 7.09. The first-order valence-electron chi connectivity index (χ1n) is 5.01. The summed E-state index contributed by atoms with van der Waals surface area (Å²) in [6, 6.07) is 0.518. The number of hydrogen-bond acceptors (Lipinski definition) is 4. The van der Waals surface area contributed by atoms with Crippen LogP contribution in [0.3, 0.4) is 0 Å². The zero-order chi connectivity index (χ0) is 9.80. The van der Waals surface area contributed by atoms with Gasteiger partial charge in [0.05, 0.1) is 6.61 Å². The molecule has 78 valence electrons. The van der Waals surface area contributed by atoms with Crippen molar-refractivity contribution in [1.29, 1.82) is 0 Å². The van der Waals surface area contributed by atoms with Crippen LogP contribution in [0, 0.1) is 5.92 Å². The summed E-state index contributed by atoms with van der Waals surface area (Å²) in [6.45, 7) is 1.69. The molecule has 0 radical (unpaired) electrons. The number of nitrogens with zero attached hydrogens (tertiary/aromatic N) is 1. The first-order valence-corrected chi connectivity index (χ1v) is 5.89. The molecule has 1 heterocycles. The van der Waals surface area contributed by atoms with Crippen LogP contribution in [-0.2, 0) is 11.3 Å². The number of aromatic nitrogens is 1. The second kappa shape index (κ2) is 4.87. The number of nitrogens with one attached hydrogen (secondary N) is 1. The van der Waals surface area contributed by atoms with Gasteiger partial charge in [0.25, 0.3) is 0 Å². The summed E-state index contributed by atoms with van der Waals surface area (Å²) >= 11 is 1.70. The molecule has 14 heavy (non-hydrogen) atoms. The summed E-state index contributed by atoms with van der Waals surface area (Å²) in [5.74, 6) is 0.829. The third kappa shape index (κ3) is 2.77. The van der Waals surface area contributed by atoms with Gasteiger partial charge in [0, 0.05) is 31.3 Å². The van der Waals surface area contributed by atoms with E-state index in [2.05, 4.69) is 10.3 Å². The number of methoxy groups -OCH3 is 1. The Morgan fingerprint density at radius 1 is 1.71 bits per heavy atom. The molecule has 1 aromatic heterocycles. The van der Waals surface area contributed by atoms with Crippen LogP contribution < -0.4 is 5.32 Å². The van der Waals surface area contributed by atoms with Crippen molar-refractivity contribution in [1.82, 2.24) is 10.3 Å². The lowest BCUT2D eigenvalue weighted by Crippen LogP contribution is -2.34. The molecule has 1 aromatic rings. The standard InChI is InChI=1S/C10H16N2OS/c1-13-7-9(8-2-3-8)12-6-10-11-4-5-14-10/h4-5,8-9,12H,2-3,6-7H2,1H3. The van der Waals surface area contributed by atoms with E-state index in [4.69, 9.17) is 4.74 Å². The fraction of sp³-hybridized carbons (Fsp3) is 0.700. The summed E-state index contributed by atoms with van der Waals surface area (Å²) in [4.78, 5) is 4.24. The summed E-state index contributed by atoms with van der Waals surface area (Å²) in [7, 11) is 1.76. The lowest BCUT2D eigenvalue weighted by atomic mass is 10.2. The first-order chi connectivity index (χ1) is 6.90. The number of hydrogen-bond donors (Lipinski definition) is 1. The van der Waals surface area contributed by atoms with Crippen LogP contribution in [0.5, 0.6) is 0 Å². The predicted molar refractivity (Wildman–Crippen MR) is 57.3 cm³/mol. The molecule has 0 aromatic carbocycles. The monoisotopic (exact) mass is 212 g/mol. The van der Waals surface area contributed by atoms with Gasteiger partial charge in [0.2, 0.25) is 0 Å². The maximum Gasteiger partial charge on any atom is 0.106 e. The van der Waals surface area contributed by atoms with Crippen LogP contribution in [0.1, 0.15) is 17.8 Å². The minimum Gasteiger partial charge on any atom is -0.383 e. The first kappa shape index (κ1) is 10.1. The quantitative estimate of drug-likeness (QED) is 0.778. The maximum atomic E-state index is 5.20. The minimum absolute atomic E-state index is 0.518. The largest absolute Gasteiger partial charge is 0.383 e. The normalized spacial score (nSPS) is 18.4. The number of ether oxygens (including phenoxy) is 1. The van der Waals surface area contributed by atoms with Gasteiger partial charge in [-0.25, -0.2) is 4.98 Å². The second-order valence-electron chi connectivity index (χ2n) is 3.71. The van der Waals surface area contributed by atoms with Gasteiger partial charge in [-0.3, -0.25) is 0 Å². The zero-order valence-corrected chi connectivity index (χ0v) is 9.22. The highest BCUT2D eigenvalue weighted by Crippen LogP contribution is 2.32. The molecule has 0 bridgehead atoms. The molecule has 2 rings (SSSR count). The van der Waals surface area contributed by atoms with E-state index >= 15 is 0 Å². The predicted octanol–water partition coefficient (Wildman–Crippen LogP) is 1.66. The lowest BCUT2D eigenvalue weighted by Gasteiger charge is -2.16. The van der Waals surface area contributed by atoms with Gasteiger partial charge in [-0.15, -0.1) is 11.3 Å². The van der Waals surface area contributed by atoms with E-state index in [0.29, 0.717) is 6.04 Å². The van der Waals surface area contributed by atoms with Gasteiger partial charge >= 0.3 is 0 Å². The van der Waals surface area contributed by atoms with E-state index in [1.807, 2.05) is 11.6 Å². The minimum atomic E-state index is 0.518. The van der Waals surface area contributed by atoms with Crippen LogP contribution in [0.25, 0.3) is 0 Å². The molecule has 0 amide bonds. The zero-order valence-electron chi connectivity index (χ0n) is 8.40. The Kier molecular flexibility index (Phi) is 3.50. The van der Waals surface area contributed by atoms with E-state index in [1.165, 1.54) is 12.8 Å². The van der Waals surface area contributed by atoms with Crippen molar-refractivity contribution in [3.8, 4) is 0 Å². The van der Waals surface area contributed by atoms with Crippen LogP contribution in [-0.4, -0.2) is 24.7 Å². The van der Waals surface area contributed by atoms with E-state index in [-0.39, 0.29) is 0 Å². The van der Waals surface area contributed by atoms with Crippen molar-refractivity contribution in [3.05, 3.63) is 16.6 Å². The molecule has 3 nitrogen and oxygen atoms in total. The highest BCUT2D eigenvalue weighted by atomic mass is 32.1. The van der Waals surface area contributed by atoms with Gasteiger partial charge in [-0.05, 0) is 18.8 Å². The topological polar surface area (TPSA) is 34.1 Å². The molecule has 1 N–H and O–H groups in total. The molecule has 1 fully saturated rings. The molecule has 4 heteroatoms. The lowest BCUT2D eigenvalue weighted by molar-refractivity contribution is 0.157. The van der Waals surface area contributed by atoms with E-state index < -0.39 is 0 Å². The van der Waals surface area contributed by atoms with Crippen LogP contribution in [0.2, 0.25) is 0 Å². The SMILES string of the molecule is COCC(NCc1nccs1)C1CC1. The Hall–Kier alpha value is -0.450. The fourth-order valence-electron chi connectivity index (χ4n) is 1.60. The Balaban J connectivity index is 1.76. The average molecular weight is 212 g/mol. The van der Waals surface area contributed by atoms with Gasteiger partial charge in [0.15, 0.2) is 0 Å². The van der Waals surface area contributed by atoms with Crippen molar-refractivity contribution < 1.29 is 4.74 Å². The molecular weight excluding hydrogens is 196 g/mol. The summed E-state index contributed by atoms with van der Waals surface area (Å²) in [5, 5.41) is 6.68. The smallest absolute Gasteiger partial charge is 0.106 e. The average Bonchev–Trinajstić information content (AvgIpc) is 2.90. The Labute approximate surface area is 88.5 Å². The summed E-state index contributed by atoms with van der Waals surface area (Å²) in [6.07, 6.45) is 4.54. The Bertz CT molecular complexity index is 259. The summed E-state index contributed by atoms with van der Waals surface area (Å²) in [5.41, 5.74) is 0.